The summed E-state index contributed by atoms with van der Waals surface area (Å²) in [6.45, 7) is 1.17. The maximum atomic E-state index is 10.5. The fourth-order valence-corrected chi connectivity index (χ4v) is 1.84. The van der Waals surface area contributed by atoms with Gasteiger partial charge in [0, 0.05) is 0 Å². The van der Waals surface area contributed by atoms with E-state index in [-0.39, 0.29) is 12.2 Å². The van der Waals surface area contributed by atoms with Crippen molar-refractivity contribution in [3.8, 4) is 0 Å². The first-order valence-electron chi connectivity index (χ1n) is 5.61. The minimum absolute atomic E-state index is 0.0823. The van der Waals surface area contributed by atoms with Crippen LogP contribution in [0.2, 0.25) is 0 Å². The van der Waals surface area contributed by atoms with Crippen LogP contribution >= 0.6 is 0 Å². The van der Waals surface area contributed by atoms with E-state index >= 15 is 0 Å². The predicted molar refractivity (Wildman–Crippen MR) is 60.1 cm³/mol. The van der Waals surface area contributed by atoms with Crippen molar-refractivity contribution in [2.75, 3.05) is 6.61 Å². The molecule has 0 bridgehead atoms. The highest BCUT2D eigenvalue weighted by Crippen LogP contribution is 2.18. The molecule has 0 spiro atoms. The van der Waals surface area contributed by atoms with Gasteiger partial charge >= 0.3 is 0 Å². The van der Waals surface area contributed by atoms with E-state index in [2.05, 4.69) is 0 Å². The molecule has 1 aromatic rings. The number of ether oxygens (including phenoxy) is 2. The summed E-state index contributed by atoms with van der Waals surface area (Å²) in [5.74, 6) is 0. The third-order valence-corrected chi connectivity index (χ3v) is 2.71. The standard InChI is InChI=1S/C13H16O3/c14-8-12-6-7-13(16-12)10-15-9-11-4-2-1-3-5-11/h1-5,8,12-13H,6-7,9-10H2/t12-,13-/m1/s1. The van der Waals surface area contributed by atoms with Gasteiger partial charge in [-0.05, 0) is 18.4 Å². The summed E-state index contributed by atoms with van der Waals surface area (Å²) in [5.41, 5.74) is 1.16. The van der Waals surface area contributed by atoms with Crippen molar-refractivity contribution in [3.63, 3.8) is 0 Å². The van der Waals surface area contributed by atoms with Gasteiger partial charge in [0.25, 0.3) is 0 Å². The summed E-state index contributed by atoms with van der Waals surface area (Å²) in [5, 5.41) is 0. The van der Waals surface area contributed by atoms with E-state index in [1.165, 1.54) is 0 Å². The summed E-state index contributed by atoms with van der Waals surface area (Å²) < 4.78 is 11.0. The van der Waals surface area contributed by atoms with Crippen LogP contribution in [0.4, 0.5) is 0 Å². The number of hydrogen-bond donors (Lipinski definition) is 0. The van der Waals surface area contributed by atoms with Crippen LogP contribution in [-0.4, -0.2) is 25.1 Å². The smallest absolute Gasteiger partial charge is 0.148 e. The molecular formula is C13H16O3. The molecule has 1 fully saturated rings. The first-order valence-corrected chi connectivity index (χ1v) is 5.61. The average molecular weight is 220 g/mol. The van der Waals surface area contributed by atoms with Crippen molar-refractivity contribution in [3.05, 3.63) is 35.9 Å². The first-order chi connectivity index (χ1) is 7.88. The lowest BCUT2D eigenvalue weighted by Gasteiger charge is -2.11. The maximum absolute atomic E-state index is 10.5. The Morgan fingerprint density at radius 1 is 1.31 bits per heavy atom. The molecule has 2 atom stereocenters. The largest absolute Gasteiger partial charge is 0.374 e. The Morgan fingerprint density at radius 3 is 2.81 bits per heavy atom. The molecule has 1 aromatic carbocycles. The number of carbonyl (C=O) groups is 1. The summed E-state index contributed by atoms with van der Waals surface area (Å²) in [6, 6.07) is 10.0. The predicted octanol–water partition coefficient (Wildman–Crippen LogP) is 1.95. The topological polar surface area (TPSA) is 35.5 Å². The van der Waals surface area contributed by atoms with Crippen LogP contribution in [0.5, 0.6) is 0 Å². The Labute approximate surface area is 95.4 Å². The van der Waals surface area contributed by atoms with Gasteiger partial charge in [0.15, 0.2) is 0 Å². The average Bonchev–Trinajstić information content (AvgIpc) is 2.78. The zero-order valence-corrected chi connectivity index (χ0v) is 9.17. The van der Waals surface area contributed by atoms with E-state index in [1.54, 1.807) is 0 Å². The molecule has 0 amide bonds. The lowest BCUT2D eigenvalue weighted by Crippen LogP contribution is -2.17. The van der Waals surface area contributed by atoms with Crippen molar-refractivity contribution in [1.29, 1.82) is 0 Å². The minimum Gasteiger partial charge on any atom is -0.374 e. The number of benzene rings is 1. The summed E-state index contributed by atoms with van der Waals surface area (Å²) in [7, 11) is 0. The van der Waals surface area contributed by atoms with Gasteiger partial charge in [-0.15, -0.1) is 0 Å². The van der Waals surface area contributed by atoms with Crippen LogP contribution in [0.1, 0.15) is 18.4 Å². The molecule has 3 nitrogen and oxygen atoms in total. The van der Waals surface area contributed by atoms with Crippen molar-refractivity contribution in [2.24, 2.45) is 0 Å². The quantitative estimate of drug-likeness (QED) is 0.711. The molecule has 0 N–H and O–H groups in total. The molecular weight excluding hydrogens is 204 g/mol. The molecule has 2 rings (SSSR count). The molecule has 1 heterocycles. The number of carbonyl (C=O) groups excluding carboxylic acids is 1. The lowest BCUT2D eigenvalue weighted by atomic mass is 10.2. The van der Waals surface area contributed by atoms with E-state index in [0.717, 1.165) is 24.7 Å². The van der Waals surface area contributed by atoms with Crippen molar-refractivity contribution in [1.82, 2.24) is 0 Å². The second kappa shape index (κ2) is 5.77. The highest BCUT2D eigenvalue weighted by Gasteiger charge is 2.24. The molecule has 1 saturated heterocycles. The Morgan fingerprint density at radius 2 is 2.12 bits per heavy atom. The van der Waals surface area contributed by atoms with Gasteiger partial charge in [0.05, 0.1) is 19.3 Å². The molecule has 1 aliphatic rings. The zero-order valence-electron chi connectivity index (χ0n) is 9.17. The van der Waals surface area contributed by atoms with Gasteiger partial charge in [-0.2, -0.15) is 0 Å². The minimum atomic E-state index is -0.217. The first kappa shape index (κ1) is 11.3. The molecule has 0 aliphatic carbocycles. The molecule has 0 saturated carbocycles. The van der Waals surface area contributed by atoms with E-state index < -0.39 is 0 Å². The number of hydrogen-bond acceptors (Lipinski definition) is 3. The van der Waals surface area contributed by atoms with Crippen LogP contribution in [0.15, 0.2) is 30.3 Å². The van der Waals surface area contributed by atoms with E-state index in [1.807, 2.05) is 30.3 Å². The molecule has 0 radical (unpaired) electrons. The third kappa shape index (κ3) is 3.15. The van der Waals surface area contributed by atoms with Crippen molar-refractivity contribution < 1.29 is 14.3 Å². The lowest BCUT2D eigenvalue weighted by molar-refractivity contribution is -0.118. The highest BCUT2D eigenvalue weighted by molar-refractivity contribution is 5.56. The van der Waals surface area contributed by atoms with Crippen LogP contribution in [0, 0.1) is 0 Å². The summed E-state index contributed by atoms with van der Waals surface area (Å²) in [6.07, 6.45) is 2.47. The third-order valence-electron chi connectivity index (χ3n) is 2.71. The van der Waals surface area contributed by atoms with Crippen LogP contribution in [0.3, 0.4) is 0 Å². The Kier molecular flexibility index (Phi) is 4.08. The Hall–Kier alpha value is -1.19. The second-order valence-electron chi connectivity index (χ2n) is 4.01. The van der Waals surface area contributed by atoms with E-state index in [4.69, 9.17) is 9.47 Å². The van der Waals surface area contributed by atoms with Crippen molar-refractivity contribution in [2.45, 2.75) is 31.7 Å². The van der Waals surface area contributed by atoms with Crippen LogP contribution in [-0.2, 0) is 20.9 Å². The van der Waals surface area contributed by atoms with Crippen LogP contribution in [0.25, 0.3) is 0 Å². The second-order valence-corrected chi connectivity index (χ2v) is 4.01. The van der Waals surface area contributed by atoms with Gasteiger partial charge in [0.1, 0.15) is 12.4 Å². The molecule has 86 valence electrons. The van der Waals surface area contributed by atoms with E-state index in [0.29, 0.717) is 13.2 Å². The monoisotopic (exact) mass is 220 g/mol. The fraction of sp³-hybridized carbons (Fsp3) is 0.462. The zero-order chi connectivity index (χ0) is 11.2. The number of rotatable bonds is 5. The van der Waals surface area contributed by atoms with Crippen molar-refractivity contribution >= 4 is 6.29 Å². The fourth-order valence-electron chi connectivity index (χ4n) is 1.84. The Bertz CT molecular complexity index is 323. The molecule has 3 heteroatoms. The summed E-state index contributed by atoms with van der Waals surface area (Å²) in [4.78, 5) is 10.5. The highest BCUT2D eigenvalue weighted by atomic mass is 16.5. The molecule has 1 aliphatic heterocycles. The maximum Gasteiger partial charge on any atom is 0.148 e. The van der Waals surface area contributed by atoms with Gasteiger partial charge in [-0.25, -0.2) is 0 Å². The van der Waals surface area contributed by atoms with Gasteiger partial charge in [0.2, 0.25) is 0 Å². The molecule has 0 unspecified atom stereocenters. The van der Waals surface area contributed by atoms with E-state index in [9.17, 15) is 4.79 Å². The molecule has 0 aromatic heterocycles. The van der Waals surface area contributed by atoms with Gasteiger partial charge < -0.3 is 14.3 Å². The number of aldehydes is 1. The SMILES string of the molecule is O=C[C@H]1CC[C@H](COCc2ccccc2)O1. The normalized spacial score (nSPS) is 24.5. The summed E-state index contributed by atoms with van der Waals surface area (Å²) >= 11 is 0. The Balaban J connectivity index is 1.67. The molecule has 16 heavy (non-hydrogen) atoms. The van der Waals surface area contributed by atoms with Gasteiger partial charge in [-0.1, -0.05) is 30.3 Å². The van der Waals surface area contributed by atoms with Gasteiger partial charge in [-0.3, -0.25) is 0 Å². The van der Waals surface area contributed by atoms with Crippen LogP contribution < -0.4 is 0 Å².